The first-order valence-electron chi connectivity index (χ1n) is 9.29. The Balaban J connectivity index is 1.54. The van der Waals surface area contributed by atoms with E-state index in [1.807, 2.05) is 6.07 Å². The molecule has 0 saturated heterocycles. The summed E-state index contributed by atoms with van der Waals surface area (Å²) in [6.45, 7) is -0.624. The molecule has 0 fully saturated rings. The number of fused-ring (bicyclic) bond motifs is 2. The van der Waals surface area contributed by atoms with Crippen LogP contribution in [-0.4, -0.2) is 30.0 Å². The van der Waals surface area contributed by atoms with E-state index in [2.05, 4.69) is 5.32 Å². The second kappa shape index (κ2) is 8.05. The van der Waals surface area contributed by atoms with Crippen LogP contribution in [0, 0.1) is 11.3 Å². The van der Waals surface area contributed by atoms with Gasteiger partial charge in [-0.25, -0.2) is 4.79 Å². The molecule has 0 aromatic heterocycles. The number of para-hydroxylation sites is 1. The maximum atomic E-state index is 13.0. The number of nitrogens with zero attached hydrogens (tertiary/aromatic N) is 1. The van der Waals surface area contributed by atoms with Crippen molar-refractivity contribution < 1.29 is 23.9 Å². The molecule has 0 heterocycles. The van der Waals surface area contributed by atoms with Crippen molar-refractivity contribution >= 4 is 29.1 Å². The highest BCUT2D eigenvalue weighted by molar-refractivity contribution is 6.30. The summed E-state index contributed by atoms with van der Waals surface area (Å²) in [4.78, 5) is 50.5. The summed E-state index contributed by atoms with van der Waals surface area (Å²) in [5.74, 6) is -2.36. The number of esters is 1. The van der Waals surface area contributed by atoms with Gasteiger partial charge in [0.25, 0.3) is 5.91 Å². The highest BCUT2D eigenvalue weighted by Gasteiger charge is 2.33. The summed E-state index contributed by atoms with van der Waals surface area (Å²) in [5, 5.41) is 11.6. The zero-order valence-corrected chi connectivity index (χ0v) is 16.0. The van der Waals surface area contributed by atoms with Gasteiger partial charge in [0.05, 0.1) is 16.8 Å². The van der Waals surface area contributed by atoms with E-state index in [0.29, 0.717) is 5.69 Å². The average molecular weight is 410 g/mol. The van der Waals surface area contributed by atoms with E-state index in [-0.39, 0.29) is 39.2 Å². The summed E-state index contributed by atoms with van der Waals surface area (Å²) < 4.78 is 5.08. The molecule has 31 heavy (non-hydrogen) atoms. The van der Waals surface area contributed by atoms with Gasteiger partial charge in [0.2, 0.25) is 0 Å². The summed E-state index contributed by atoms with van der Waals surface area (Å²) in [5.41, 5.74) is 1.04. The number of amides is 1. The van der Waals surface area contributed by atoms with Gasteiger partial charge in [-0.3, -0.25) is 14.4 Å². The van der Waals surface area contributed by atoms with Gasteiger partial charge in [-0.1, -0.05) is 48.5 Å². The van der Waals surface area contributed by atoms with Crippen molar-refractivity contribution in [2.45, 2.75) is 0 Å². The normalized spacial score (nSPS) is 11.7. The van der Waals surface area contributed by atoms with Crippen LogP contribution in [0.4, 0.5) is 5.69 Å². The molecule has 0 saturated carbocycles. The Hall–Kier alpha value is -4.57. The molecule has 7 heteroatoms. The van der Waals surface area contributed by atoms with E-state index in [4.69, 9.17) is 10.00 Å². The highest BCUT2D eigenvalue weighted by Crippen LogP contribution is 2.29. The van der Waals surface area contributed by atoms with Crippen molar-refractivity contribution in [3.8, 4) is 6.07 Å². The number of nitrogens with one attached hydrogen (secondary N) is 1. The minimum atomic E-state index is -0.902. The van der Waals surface area contributed by atoms with Gasteiger partial charge >= 0.3 is 5.97 Å². The molecule has 0 atom stereocenters. The number of carbonyl (C=O) groups excluding carboxylic acids is 4. The van der Waals surface area contributed by atoms with Crippen LogP contribution >= 0.6 is 0 Å². The van der Waals surface area contributed by atoms with E-state index in [1.165, 1.54) is 24.3 Å². The van der Waals surface area contributed by atoms with Crippen LogP contribution in [0.2, 0.25) is 0 Å². The molecule has 1 amide bonds. The van der Waals surface area contributed by atoms with Crippen LogP contribution in [0.1, 0.15) is 47.8 Å². The molecular weight excluding hydrogens is 396 g/mol. The molecule has 1 aliphatic rings. The van der Waals surface area contributed by atoms with Gasteiger partial charge in [-0.05, 0) is 18.2 Å². The Labute approximate surface area is 176 Å². The van der Waals surface area contributed by atoms with Gasteiger partial charge < -0.3 is 10.1 Å². The van der Waals surface area contributed by atoms with Crippen LogP contribution in [0.25, 0.3) is 0 Å². The quantitative estimate of drug-likeness (QED) is 0.517. The Bertz CT molecular complexity index is 1300. The topological polar surface area (TPSA) is 113 Å². The zero-order valence-electron chi connectivity index (χ0n) is 16.0. The summed E-state index contributed by atoms with van der Waals surface area (Å²) in [6.07, 6.45) is 0. The number of ether oxygens (including phenoxy) is 1. The molecule has 7 nitrogen and oxygen atoms in total. The molecule has 1 N–H and O–H groups in total. The zero-order chi connectivity index (χ0) is 22.0. The molecule has 150 valence electrons. The molecular formula is C24H14N2O5. The van der Waals surface area contributed by atoms with E-state index in [0.717, 1.165) is 0 Å². The molecule has 0 aliphatic heterocycles. The number of carbonyl (C=O) groups is 4. The molecule has 1 aliphatic carbocycles. The van der Waals surface area contributed by atoms with Crippen LogP contribution in [0.5, 0.6) is 0 Å². The largest absolute Gasteiger partial charge is 0.452 e. The Morgan fingerprint density at radius 3 is 2.23 bits per heavy atom. The SMILES string of the molecule is N#Cc1ccccc1NC(=O)COC(=O)c1cccc2c1C(=O)c1ccccc1C2=O. The number of hydrogen-bond donors (Lipinski definition) is 1. The summed E-state index contributed by atoms with van der Waals surface area (Å²) >= 11 is 0. The number of rotatable bonds is 4. The third kappa shape index (κ3) is 3.58. The first-order chi connectivity index (χ1) is 15.0. The number of ketones is 2. The van der Waals surface area contributed by atoms with Crippen molar-refractivity contribution in [1.29, 1.82) is 5.26 Å². The molecule has 0 unspecified atom stereocenters. The predicted octanol–water partition coefficient (Wildman–Crippen LogP) is 3.13. The predicted molar refractivity (Wildman–Crippen MR) is 110 cm³/mol. The standard InChI is InChI=1S/C24H14N2O5/c25-12-14-6-1-4-11-19(14)26-20(27)13-31-24(30)18-10-5-9-17-21(18)23(29)16-8-3-2-7-15(16)22(17)28/h1-11H,13H2,(H,26,27). The van der Waals surface area contributed by atoms with Crippen LogP contribution in [0.3, 0.4) is 0 Å². The fourth-order valence-corrected chi connectivity index (χ4v) is 3.40. The van der Waals surface area contributed by atoms with Crippen molar-refractivity contribution in [2.75, 3.05) is 11.9 Å². The van der Waals surface area contributed by atoms with E-state index in [1.54, 1.807) is 42.5 Å². The minimum Gasteiger partial charge on any atom is -0.452 e. The van der Waals surface area contributed by atoms with Crippen LogP contribution < -0.4 is 5.32 Å². The lowest BCUT2D eigenvalue weighted by molar-refractivity contribution is -0.119. The number of hydrogen-bond acceptors (Lipinski definition) is 6. The van der Waals surface area contributed by atoms with Crippen molar-refractivity contribution in [2.24, 2.45) is 0 Å². The Morgan fingerprint density at radius 2 is 1.48 bits per heavy atom. The monoisotopic (exact) mass is 410 g/mol. The maximum absolute atomic E-state index is 13.0. The lowest BCUT2D eigenvalue weighted by Crippen LogP contribution is -2.26. The van der Waals surface area contributed by atoms with Gasteiger partial charge in [0, 0.05) is 22.3 Å². The minimum absolute atomic E-state index is 0.0357. The van der Waals surface area contributed by atoms with Gasteiger partial charge in [-0.2, -0.15) is 5.26 Å². The number of benzene rings is 3. The fourth-order valence-electron chi connectivity index (χ4n) is 3.40. The molecule has 3 aromatic rings. The molecule has 3 aromatic carbocycles. The third-order valence-electron chi connectivity index (χ3n) is 4.83. The smallest absolute Gasteiger partial charge is 0.339 e. The molecule has 0 spiro atoms. The van der Waals surface area contributed by atoms with Crippen LogP contribution in [-0.2, 0) is 9.53 Å². The highest BCUT2D eigenvalue weighted by atomic mass is 16.5. The number of nitriles is 1. The van der Waals surface area contributed by atoms with E-state index in [9.17, 15) is 19.2 Å². The third-order valence-corrected chi connectivity index (χ3v) is 4.83. The van der Waals surface area contributed by atoms with Crippen molar-refractivity contribution in [3.63, 3.8) is 0 Å². The fraction of sp³-hybridized carbons (Fsp3) is 0.0417. The van der Waals surface area contributed by atoms with E-state index >= 15 is 0 Å². The first-order valence-corrected chi connectivity index (χ1v) is 9.29. The first kappa shape index (κ1) is 19.7. The molecule has 0 radical (unpaired) electrons. The van der Waals surface area contributed by atoms with Gasteiger partial charge in [0.1, 0.15) is 6.07 Å². The van der Waals surface area contributed by atoms with E-state index < -0.39 is 24.3 Å². The second-order valence-corrected chi connectivity index (χ2v) is 6.71. The molecule has 0 bridgehead atoms. The maximum Gasteiger partial charge on any atom is 0.339 e. The lowest BCUT2D eigenvalue weighted by atomic mass is 9.82. The van der Waals surface area contributed by atoms with Crippen molar-refractivity contribution in [1.82, 2.24) is 0 Å². The Kier molecular flexibility index (Phi) is 5.12. The lowest BCUT2D eigenvalue weighted by Gasteiger charge is -2.19. The number of anilines is 1. The second-order valence-electron chi connectivity index (χ2n) is 6.71. The van der Waals surface area contributed by atoms with Gasteiger partial charge in [-0.15, -0.1) is 0 Å². The van der Waals surface area contributed by atoms with Gasteiger partial charge in [0.15, 0.2) is 18.2 Å². The average Bonchev–Trinajstić information content (AvgIpc) is 2.81. The Morgan fingerprint density at radius 1 is 0.839 bits per heavy atom. The summed E-state index contributed by atoms with van der Waals surface area (Å²) in [6, 6.07) is 19.1. The summed E-state index contributed by atoms with van der Waals surface area (Å²) in [7, 11) is 0. The molecule has 4 rings (SSSR count). The van der Waals surface area contributed by atoms with Crippen LogP contribution in [0.15, 0.2) is 66.7 Å². The van der Waals surface area contributed by atoms with Crippen molar-refractivity contribution in [3.05, 3.63) is 100 Å².